The molecular weight excluding hydrogens is 186 g/mol. The molecule has 0 fully saturated rings. The van der Waals surface area contributed by atoms with Crippen LogP contribution < -0.4 is 0 Å². The lowest BCUT2D eigenvalue weighted by Crippen LogP contribution is -1.79. The predicted molar refractivity (Wildman–Crippen MR) is 63.1 cm³/mol. The van der Waals surface area contributed by atoms with Crippen molar-refractivity contribution in [2.24, 2.45) is 0 Å². The third kappa shape index (κ3) is 5.89. The van der Waals surface area contributed by atoms with Gasteiger partial charge in [-0.2, -0.15) is 5.26 Å². The molecule has 0 radical (unpaired) electrons. The molecule has 0 heterocycles. The van der Waals surface area contributed by atoms with Crippen molar-refractivity contribution < 1.29 is 5.11 Å². The largest absolute Gasteiger partial charge is 0.509 e. The van der Waals surface area contributed by atoms with E-state index in [1.807, 2.05) is 6.07 Å². The number of aliphatic hydroxyl groups is 1. The second-order valence-electron chi connectivity index (χ2n) is 2.85. The fourth-order valence-corrected chi connectivity index (χ4v) is 0.649. The van der Waals surface area contributed by atoms with Crippen LogP contribution in [0, 0.1) is 11.3 Å². The van der Waals surface area contributed by atoms with Gasteiger partial charge in [0.2, 0.25) is 0 Å². The summed E-state index contributed by atoms with van der Waals surface area (Å²) >= 11 is 0. The van der Waals surface area contributed by atoms with Crippen molar-refractivity contribution in [3.8, 4) is 6.07 Å². The van der Waals surface area contributed by atoms with Crippen molar-refractivity contribution in [1.29, 1.82) is 5.26 Å². The fraction of sp³-hybridized carbons (Fsp3) is 0. The van der Waals surface area contributed by atoms with Crippen molar-refractivity contribution in [3.63, 3.8) is 0 Å². The van der Waals surface area contributed by atoms with Crippen molar-refractivity contribution in [1.82, 2.24) is 0 Å². The number of hydrogen-bond donors (Lipinski definition) is 1. The van der Waals surface area contributed by atoms with E-state index in [1.54, 1.807) is 18.2 Å². The summed E-state index contributed by atoms with van der Waals surface area (Å²) in [5, 5.41) is 17.3. The zero-order valence-corrected chi connectivity index (χ0v) is 8.53. The summed E-state index contributed by atoms with van der Waals surface area (Å²) in [5.74, 6) is -0.0469. The molecular formula is C13H13NO. The Kier molecular flexibility index (Phi) is 5.28. The number of nitriles is 1. The summed E-state index contributed by atoms with van der Waals surface area (Å²) < 4.78 is 0. The molecule has 0 rings (SSSR count). The second kappa shape index (κ2) is 6.22. The molecule has 0 spiro atoms. The van der Waals surface area contributed by atoms with E-state index in [1.165, 1.54) is 6.08 Å². The van der Waals surface area contributed by atoms with Crippen molar-refractivity contribution in [3.05, 3.63) is 73.1 Å². The molecule has 0 aromatic heterocycles. The smallest absolute Gasteiger partial charge is 0.108 e. The van der Waals surface area contributed by atoms with Crippen LogP contribution in [0.15, 0.2) is 73.1 Å². The van der Waals surface area contributed by atoms with Crippen LogP contribution in [-0.4, -0.2) is 5.11 Å². The van der Waals surface area contributed by atoms with E-state index < -0.39 is 0 Å². The van der Waals surface area contributed by atoms with Gasteiger partial charge in [-0.15, -0.1) is 0 Å². The number of hydrogen-bond acceptors (Lipinski definition) is 2. The molecule has 2 heteroatoms. The average Bonchev–Trinajstić information content (AvgIpc) is 2.21. The molecule has 2 nitrogen and oxygen atoms in total. The summed E-state index contributed by atoms with van der Waals surface area (Å²) in [7, 11) is 0. The number of allylic oxidation sites excluding steroid dienone is 7. The van der Waals surface area contributed by atoms with E-state index in [2.05, 4.69) is 26.3 Å². The van der Waals surface area contributed by atoms with Crippen LogP contribution in [0.5, 0.6) is 0 Å². The fourth-order valence-electron chi connectivity index (χ4n) is 0.649. The highest BCUT2D eigenvalue weighted by atomic mass is 16.3. The molecule has 15 heavy (non-hydrogen) atoms. The molecule has 0 amide bonds. The summed E-state index contributed by atoms with van der Waals surface area (Å²) in [4.78, 5) is 0. The highest BCUT2D eigenvalue weighted by Gasteiger charge is 1.92. The molecule has 0 bridgehead atoms. The van der Waals surface area contributed by atoms with E-state index in [9.17, 15) is 0 Å². The number of nitrogens with zero attached hydrogens (tertiary/aromatic N) is 1. The predicted octanol–water partition coefficient (Wildman–Crippen LogP) is 3.36. The topological polar surface area (TPSA) is 44.0 Å². The van der Waals surface area contributed by atoms with Crippen LogP contribution in [0.3, 0.4) is 0 Å². The minimum Gasteiger partial charge on any atom is -0.509 e. The first-order chi connectivity index (χ1) is 6.97. The van der Waals surface area contributed by atoms with Crippen LogP contribution in [0.2, 0.25) is 0 Å². The van der Waals surface area contributed by atoms with Crippen molar-refractivity contribution >= 4 is 0 Å². The highest BCUT2D eigenvalue weighted by molar-refractivity contribution is 5.46. The average molecular weight is 199 g/mol. The van der Waals surface area contributed by atoms with Gasteiger partial charge >= 0.3 is 0 Å². The van der Waals surface area contributed by atoms with Gasteiger partial charge in [-0.1, -0.05) is 38.5 Å². The Morgan fingerprint density at radius 1 is 0.933 bits per heavy atom. The Bertz CT molecular complexity index is 403. The third-order valence-corrected chi connectivity index (χ3v) is 1.52. The normalized spacial score (nSPS) is 10.1. The summed E-state index contributed by atoms with van der Waals surface area (Å²) in [6.45, 7) is 14.3. The lowest BCUT2D eigenvalue weighted by molar-refractivity contribution is 0.435. The van der Waals surface area contributed by atoms with Gasteiger partial charge in [0.25, 0.3) is 0 Å². The standard InChI is InChI=1S/C13H13NO/c1-10(9-14)5-6-11(2)12(3)7-8-13(4)15/h5-8,15H,1-4H2/b6-5-,8-7-. The highest BCUT2D eigenvalue weighted by Crippen LogP contribution is 2.10. The molecule has 0 saturated heterocycles. The Balaban J connectivity index is 4.43. The van der Waals surface area contributed by atoms with Crippen LogP contribution in [0.4, 0.5) is 0 Å². The van der Waals surface area contributed by atoms with Gasteiger partial charge < -0.3 is 5.11 Å². The number of rotatable bonds is 5. The van der Waals surface area contributed by atoms with Gasteiger partial charge in [0, 0.05) is 5.57 Å². The molecule has 0 aliphatic carbocycles. The van der Waals surface area contributed by atoms with E-state index in [4.69, 9.17) is 10.4 Å². The van der Waals surface area contributed by atoms with Gasteiger partial charge in [0.15, 0.2) is 0 Å². The quantitative estimate of drug-likeness (QED) is 0.419. The van der Waals surface area contributed by atoms with E-state index in [0.29, 0.717) is 16.7 Å². The lowest BCUT2D eigenvalue weighted by atomic mass is 10.1. The van der Waals surface area contributed by atoms with E-state index >= 15 is 0 Å². The molecule has 0 aliphatic rings. The van der Waals surface area contributed by atoms with Crippen molar-refractivity contribution in [2.75, 3.05) is 0 Å². The van der Waals surface area contributed by atoms with Gasteiger partial charge in [-0.05, 0) is 23.3 Å². The summed E-state index contributed by atoms with van der Waals surface area (Å²) in [6, 6.07) is 1.89. The molecule has 0 atom stereocenters. The zero-order chi connectivity index (χ0) is 11.8. The summed E-state index contributed by atoms with van der Waals surface area (Å²) in [5.41, 5.74) is 1.62. The van der Waals surface area contributed by atoms with Crippen molar-refractivity contribution in [2.45, 2.75) is 0 Å². The van der Waals surface area contributed by atoms with Crippen LogP contribution in [0.1, 0.15) is 0 Å². The zero-order valence-electron chi connectivity index (χ0n) is 8.53. The monoisotopic (exact) mass is 199 g/mol. The molecule has 1 N–H and O–H groups in total. The van der Waals surface area contributed by atoms with E-state index in [-0.39, 0.29) is 5.76 Å². The molecule has 0 aliphatic heterocycles. The van der Waals surface area contributed by atoms with Crippen LogP contribution >= 0.6 is 0 Å². The Labute approximate surface area is 90.2 Å². The van der Waals surface area contributed by atoms with Gasteiger partial charge in [-0.3, -0.25) is 0 Å². The maximum absolute atomic E-state index is 8.81. The minimum absolute atomic E-state index is 0.0469. The first-order valence-corrected chi connectivity index (χ1v) is 4.18. The minimum atomic E-state index is -0.0469. The first kappa shape index (κ1) is 12.7. The lowest BCUT2D eigenvalue weighted by Gasteiger charge is -1.97. The van der Waals surface area contributed by atoms with Gasteiger partial charge in [-0.25, -0.2) is 0 Å². The SMILES string of the molecule is C=C(O)/C=C\C(=C)C(=C)/C=C\C(=C)C#N. The molecule has 0 aromatic carbocycles. The Hall–Kier alpha value is -2.27. The molecule has 0 saturated carbocycles. The molecule has 0 aromatic rings. The third-order valence-electron chi connectivity index (χ3n) is 1.52. The Morgan fingerprint density at radius 2 is 1.40 bits per heavy atom. The van der Waals surface area contributed by atoms with E-state index in [0.717, 1.165) is 0 Å². The Morgan fingerprint density at radius 3 is 1.80 bits per heavy atom. The first-order valence-electron chi connectivity index (χ1n) is 4.18. The summed E-state index contributed by atoms with van der Waals surface area (Å²) in [6.07, 6.45) is 6.19. The molecule has 0 unspecified atom stereocenters. The second-order valence-corrected chi connectivity index (χ2v) is 2.85. The van der Waals surface area contributed by atoms with Gasteiger partial charge in [0.05, 0.1) is 6.07 Å². The van der Waals surface area contributed by atoms with Crippen LogP contribution in [-0.2, 0) is 0 Å². The maximum atomic E-state index is 8.81. The maximum Gasteiger partial charge on any atom is 0.108 e. The number of aliphatic hydroxyl groups excluding tert-OH is 1. The molecule has 76 valence electrons. The van der Waals surface area contributed by atoms with Gasteiger partial charge in [0.1, 0.15) is 5.76 Å². The van der Waals surface area contributed by atoms with Crippen LogP contribution in [0.25, 0.3) is 0 Å².